The van der Waals surface area contributed by atoms with Crippen LogP contribution in [0.5, 0.6) is 0 Å². The second-order valence-corrected chi connectivity index (χ2v) is 5.24. The summed E-state index contributed by atoms with van der Waals surface area (Å²) in [5.41, 5.74) is 7.84. The molecule has 0 amide bonds. The lowest BCUT2D eigenvalue weighted by Crippen LogP contribution is -2.38. The van der Waals surface area contributed by atoms with E-state index in [2.05, 4.69) is 29.8 Å². The molecule has 1 aromatic carbocycles. The largest absolute Gasteiger partial charge is 0.396 e. The number of hydrogen-bond acceptors (Lipinski definition) is 3. The zero-order chi connectivity index (χ0) is 12.4. The van der Waals surface area contributed by atoms with Gasteiger partial charge in [-0.1, -0.05) is 17.7 Å². The molecule has 1 heterocycles. The van der Waals surface area contributed by atoms with E-state index in [1.807, 2.05) is 12.1 Å². The second kappa shape index (κ2) is 5.15. The number of rotatable bonds is 1. The molecule has 1 aromatic rings. The predicted molar refractivity (Wildman–Crippen MR) is 74.8 cm³/mol. The summed E-state index contributed by atoms with van der Waals surface area (Å²) >= 11 is 6.09. The van der Waals surface area contributed by atoms with Crippen LogP contribution in [0, 0.1) is 0 Å². The third-order valence-corrected chi connectivity index (χ3v) is 3.72. The Bertz CT molecular complexity index is 394. The summed E-state index contributed by atoms with van der Waals surface area (Å²) in [6, 6.07) is 6.33. The molecule has 94 valence electrons. The molecule has 0 saturated carbocycles. The third-order valence-electron chi connectivity index (χ3n) is 3.39. The Hall–Kier alpha value is -0.930. The van der Waals surface area contributed by atoms with Crippen molar-refractivity contribution in [3.8, 4) is 0 Å². The van der Waals surface area contributed by atoms with Gasteiger partial charge in [0.05, 0.1) is 16.4 Å². The second-order valence-electron chi connectivity index (χ2n) is 4.83. The van der Waals surface area contributed by atoms with Gasteiger partial charge in [-0.3, -0.25) is 0 Å². The highest BCUT2D eigenvalue weighted by Gasteiger charge is 2.21. The number of nitrogens with two attached hydrogens (primary N) is 1. The molecule has 1 aliphatic rings. The summed E-state index contributed by atoms with van der Waals surface area (Å²) in [6.45, 7) is 5.48. The lowest BCUT2D eigenvalue weighted by molar-refractivity contribution is 0.337. The number of nitrogens with zero attached hydrogens (tertiary/aromatic N) is 2. The Balaban J connectivity index is 2.28. The van der Waals surface area contributed by atoms with E-state index in [9.17, 15) is 0 Å². The van der Waals surface area contributed by atoms with E-state index in [-0.39, 0.29) is 0 Å². The molecule has 2 N–H and O–H groups in total. The molecule has 4 heteroatoms. The number of hydrogen-bond donors (Lipinski definition) is 1. The van der Waals surface area contributed by atoms with Crippen molar-refractivity contribution in [3.05, 3.63) is 23.2 Å². The van der Waals surface area contributed by atoms with Crippen molar-refractivity contribution in [2.75, 3.05) is 37.3 Å². The highest BCUT2D eigenvalue weighted by molar-refractivity contribution is 6.33. The molecule has 3 nitrogen and oxygen atoms in total. The van der Waals surface area contributed by atoms with Crippen LogP contribution in [-0.4, -0.2) is 37.6 Å². The fourth-order valence-corrected chi connectivity index (χ4v) is 2.68. The highest BCUT2D eigenvalue weighted by atomic mass is 35.5. The van der Waals surface area contributed by atoms with Gasteiger partial charge in [-0.15, -0.1) is 0 Å². The van der Waals surface area contributed by atoms with Crippen LogP contribution in [0.15, 0.2) is 18.2 Å². The Morgan fingerprint density at radius 2 is 2.12 bits per heavy atom. The fourth-order valence-electron chi connectivity index (χ4n) is 2.51. The first-order valence-corrected chi connectivity index (χ1v) is 6.46. The Morgan fingerprint density at radius 1 is 1.35 bits per heavy atom. The molecule has 0 radical (unpaired) electrons. The summed E-state index contributed by atoms with van der Waals surface area (Å²) in [7, 11) is 2.17. The van der Waals surface area contributed by atoms with Crippen LogP contribution < -0.4 is 10.6 Å². The van der Waals surface area contributed by atoms with Crippen LogP contribution in [0.25, 0.3) is 0 Å². The van der Waals surface area contributed by atoms with Crippen LogP contribution in [0.2, 0.25) is 5.02 Å². The average Bonchev–Trinajstić information content (AvgIpc) is 2.44. The van der Waals surface area contributed by atoms with Gasteiger partial charge in [0.2, 0.25) is 0 Å². The van der Waals surface area contributed by atoms with Crippen LogP contribution in [-0.2, 0) is 0 Å². The van der Waals surface area contributed by atoms with Crippen molar-refractivity contribution < 1.29 is 0 Å². The lowest BCUT2D eigenvalue weighted by Gasteiger charge is -2.31. The van der Waals surface area contributed by atoms with Gasteiger partial charge in [0, 0.05) is 19.1 Å². The van der Waals surface area contributed by atoms with Crippen molar-refractivity contribution >= 4 is 23.0 Å². The first-order chi connectivity index (χ1) is 8.09. The SMILES string of the molecule is CC1CN(C)CCCN1c1cccc(Cl)c1N. The topological polar surface area (TPSA) is 32.5 Å². The Morgan fingerprint density at radius 3 is 2.88 bits per heavy atom. The van der Waals surface area contributed by atoms with E-state index < -0.39 is 0 Å². The molecular weight excluding hydrogens is 234 g/mol. The molecule has 17 heavy (non-hydrogen) atoms. The van der Waals surface area contributed by atoms with Crippen molar-refractivity contribution in [2.45, 2.75) is 19.4 Å². The maximum atomic E-state index is 6.09. The first-order valence-electron chi connectivity index (χ1n) is 6.08. The zero-order valence-corrected chi connectivity index (χ0v) is 11.2. The van der Waals surface area contributed by atoms with Gasteiger partial charge in [0.15, 0.2) is 0 Å². The van der Waals surface area contributed by atoms with Gasteiger partial charge in [0.1, 0.15) is 0 Å². The minimum atomic E-state index is 0.461. The van der Waals surface area contributed by atoms with Crippen molar-refractivity contribution in [1.82, 2.24) is 4.90 Å². The number of para-hydroxylation sites is 1. The van der Waals surface area contributed by atoms with E-state index in [0.717, 1.165) is 31.7 Å². The van der Waals surface area contributed by atoms with E-state index in [4.69, 9.17) is 17.3 Å². The summed E-state index contributed by atoms with van der Waals surface area (Å²) in [4.78, 5) is 4.73. The van der Waals surface area contributed by atoms with E-state index in [0.29, 0.717) is 16.8 Å². The van der Waals surface area contributed by atoms with Crippen LogP contribution >= 0.6 is 11.6 Å². The standard InChI is InChI=1S/C13H20ClN3/c1-10-9-16(2)7-4-8-17(10)12-6-3-5-11(14)13(12)15/h3,5-6,10H,4,7-9,15H2,1-2H3. The highest BCUT2D eigenvalue weighted by Crippen LogP contribution is 2.32. The normalized spacial score (nSPS) is 22.5. The van der Waals surface area contributed by atoms with Gasteiger partial charge in [0.25, 0.3) is 0 Å². The van der Waals surface area contributed by atoms with Crippen molar-refractivity contribution in [1.29, 1.82) is 0 Å². The number of anilines is 2. The minimum absolute atomic E-state index is 0.461. The Labute approximate surface area is 108 Å². The van der Waals surface area contributed by atoms with Crippen LogP contribution in [0.1, 0.15) is 13.3 Å². The van der Waals surface area contributed by atoms with Crippen molar-refractivity contribution in [3.63, 3.8) is 0 Å². The molecule has 1 aliphatic heterocycles. The Kier molecular flexibility index (Phi) is 3.79. The van der Waals surface area contributed by atoms with Crippen LogP contribution in [0.3, 0.4) is 0 Å². The summed E-state index contributed by atoms with van der Waals surface area (Å²) in [6.07, 6.45) is 1.16. The molecule has 0 aliphatic carbocycles. The molecule has 1 atom stereocenters. The maximum Gasteiger partial charge on any atom is 0.0741 e. The van der Waals surface area contributed by atoms with E-state index in [1.165, 1.54) is 0 Å². The molecule has 1 saturated heterocycles. The smallest absolute Gasteiger partial charge is 0.0741 e. The van der Waals surface area contributed by atoms with Crippen molar-refractivity contribution in [2.24, 2.45) is 0 Å². The molecule has 1 unspecified atom stereocenters. The molecule has 1 fully saturated rings. The number of nitrogen functional groups attached to an aromatic ring is 1. The van der Waals surface area contributed by atoms with Gasteiger partial charge in [-0.2, -0.15) is 0 Å². The predicted octanol–water partition coefficient (Wildman–Crippen LogP) is 2.45. The maximum absolute atomic E-state index is 6.09. The minimum Gasteiger partial charge on any atom is -0.396 e. The summed E-state index contributed by atoms with van der Waals surface area (Å²) < 4.78 is 0. The molecule has 0 bridgehead atoms. The number of benzene rings is 1. The molecule has 0 spiro atoms. The summed E-state index contributed by atoms with van der Waals surface area (Å²) in [5.74, 6) is 0. The van der Waals surface area contributed by atoms with Gasteiger partial charge in [-0.05, 0) is 39.1 Å². The quantitative estimate of drug-likeness (QED) is 0.781. The number of halogens is 1. The van der Waals surface area contributed by atoms with E-state index in [1.54, 1.807) is 0 Å². The molecule has 0 aromatic heterocycles. The average molecular weight is 254 g/mol. The van der Waals surface area contributed by atoms with Gasteiger partial charge in [-0.25, -0.2) is 0 Å². The third kappa shape index (κ3) is 2.67. The van der Waals surface area contributed by atoms with E-state index >= 15 is 0 Å². The van der Waals surface area contributed by atoms with Gasteiger partial charge < -0.3 is 15.5 Å². The van der Waals surface area contributed by atoms with Gasteiger partial charge >= 0.3 is 0 Å². The number of likely N-dealkylation sites (N-methyl/N-ethyl adjacent to an activating group) is 1. The molecular formula is C13H20ClN3. The first kappa shape index (κ1) is 12.5. The molecule has 2 rings (SSSR count). The summed E-state index contributed by atoms with van der Waals surface area (Å²) in [5, 5.41) is 0.646. The monoisotopic (exact) mass is 253 g/mol. The zero-order valence-electron chi connectivity index (χ0n) is 10.5. The lowest BCUT2D eigenvalue weighted by atomic mass is 10.2. The fraction of sp³-hybridized carbons (Fsp3) is 0.538. The van der Waals surface area contributed by atoms with Crippen LogP contribution in [0.4, 0.5) is 11.4 Å².